The summed E-state index contributed by atoms with van der Waals surface area (Å²) in [5.41, 5.74) is 6.74. The number of imidazole rings is 1. The molecular formula is C44H58N9O21P3S. The number of nitrogen functional groups attached to an aromatic ring is 1. The van der Waals surface area contributed by atoms with Crippen LogP contribution in [-0.4, -0.2) is 154 Å². The Morgan fingerprint density at radius 3 is 2.05 bits per heavy atom. The molecule has 34 heteroatoms. The van der Waals surface area contributed by atoms with Gasteiger partial charge in [-0.3, -0.25) is 52.5 Å². The van der Waals surface area contributed by atoms with E-state index in [9.17, 15) is 83.0 Å². The third kappa shape index (κ3) is 21.0. The number of H-pyrrole nitrogens is 1. The smallest absolute Gasteiger partial charge is 0.481 e. The van der Waals surface area contributed by atoms with E-state index in [2.05, 4.69) is 55.6 Å². The van der Waals surface area contributed by atoms with Crippen LogP contribution >= 0.6 is 35.5 Å². The zero-order valence-corrected chi connectivity index (χ0v) is 44.7. The van der Waals surface area contributed by atoms with Crippen molar-refractivity contribution in [2.24, 2.45) is 5.92 Å². The number of rotatable bonds is 31. The maximum absolute atomic E-state index is 12.6. The number of phosphoric acid groups is 2. The Bertz CT molecular complexity index is 2980. The number of phosphoric ester groups is 1. The van der Waals surface area contributed by atoms with Crippen molar-refractivity contribution < 1.29 is 96.1 Å². The van der Waals surface area contributed by atoms with Gasteiger partial charge in [-0.1, -0.05) is 43.9 Å². The van der Waals surface area contributed by atoms with E-state index in [1.54, 1.807) is 30.3 Å². The number of nitrogens with two attached hydrogens (primary N) is 1. The molecule has 14 N–H and O–H groups in total. The highest BCUT2D eigenvalue weighted by Gasteiger charge is 2.47. The van der Waals surface area contributed by atoms with Gasteiger partial charge in [0.15, 0.2) is 22.5 Å². The van der Waals surface area contributed by atoms with Crippen molar-refractivity contribution in [3.63, 3.8) is 0 Å². The van der Waals surface area contributed by atoms with Crippen molar-refractivity contribution in [2.45, 2.75) is 95.3 Å². The molecule has 4 heterocycles. The first-order valence-corrected chi connectivity index (χ1v) is 28.9. The Morgan fingerprint density at radius 1 is 0.821 bits per heavy atom. The van der Waals surface area contributed by atoms with E-state index in [1.807, 2.05) is 0 Å². The Hall–Kier alpha value is -6.06. The second kappa shape index (κ2) is 28.7. The third-order valence-corrected chi connectivity index (χ3v) is 16.4. The maximum atomic E-state index is 12.6. The van der Waals surface area contributed by atoms with Gasteiger partial charge in [-0.2, -0.15) is 9.29 Å². The molecule has 1 saturated heterocycles. The number of hydrogen-bond donors (Lipinski definition) is 13. The van der Waals surface area contributed by atoms with Crippen LogP contribution in [0.2, 0.25) is 0 Å². The maximum Gasteiger partial charge on any atom is 0.488 e. The summed E-state index contributed by atoms with van der Waals surface area (Å²) < 4.78 is 57.4. The topological polar surface area (TPSA) is 468 Å². The minimum atomic E-state index is -5.69. The molecule has 78 heavy (non-hydrogen) atoms. The van der Waals surface area contributed by atoms with Gasteiger partial charge in [-0.25, -0.2) is 18.4 Å². The number of hydrogen-bond acceptors (Lipinski definition) is 20. The number of aromatic amines is 1. The molecule has 1 aliphatic rings. The van der Waals surface area contributed by atoms with Crippen LogP contribution < -0.4 is 21.9 Å². The fourth-order valence-electron chi connectivity index (χ4n) is 7.94. The summed E-state index contributed by atoms with van der Waals surface area (Å²) in [7, 11) is -16.1. The van der Waals surface area contributed by atoms with E-state index < -0.39 is 122 Å². The molecule has 1 fully saturated rings. The van der Waals surface area contributed by atoms with Crippen molar-refractivity contribution in [3.05, 3.63) is 75.6 Å². The molecule has 4 unspecified atom stereocenters. The highest BCUT2D eigenvalue weighted by atomic mass is 32.1. The molecule has 4 aromatic rings. The summed E-state index contributed by atoms with van der Waals surface area (Å²) in [5.74, 6) is -0.0549. The van der Waals surface area contributed by atoms with Crippen molar-refractivity contribution >= 4 is 87.2 Å². The highest BCUT2D eigenvalue weighted by molar-refractivity contribution is 7.80. The normalized spacial score (nSPS) is 18.6. The van der Waals surface area contributed by atoms with Crippen LogP contribution in [0.25, 0.3) is 11.2 Å². The number of aromatic nitrogens is 5. The summed E-state index contributed by atoms with van der Waals surface area (Å²) in [4.78, 5) is 104. The standard InChI is InChI=1S/C44H58N9O21P3S/c45-43-50-40-37(41(64)51-43)47-25-53(40)42-39(63)38(62)32(72-42)24-71-76(67,68)74-77(69,70)73-75(65,66)15-7-5-3-1-2-4-6-14-46-44(78)49-29-12-10-26(11-13-29)8-9-27-16-30(18-28(19-33(54)55)20-34(56)57)48-31(17-27)21-52(22-35(58)59)23-36(60)61/h10-13,16-17,25,28,32,38-39,42,62-63H,1-7,14-15,18-24H2,(H,54,55)(H,56,57)(H,58,59)(H,60,61)(H,65,66)(H,67,68)(H,69,70)(H2,46,49,78)(H3,45,50,51,64)/t32-,38?,39+,42-/m1/s1. The summed E-state index contributed by atoms with van der Waals surface area (Å²) in [6, 6.07) is 10.0. The van der Waals surface area contributed by atoms with Gasteiger partial charge in [0.2, 0.25) is 5.95 Å². The first-order valence-electron chi connectivity index (χ1n) is 23.7. The van der Waals surface area contributed by atoms with E-state index in [0.29, 0.717) is 47.0 Å². The molecule has 0 aliphatic carbocycles. The van der Waals surface area contributed by atoms with Gasteiger partial charge < -0.3 is 66.4 Å². The number of benzene rings is 1. The molecule has 426 valence electrons. The number of carboxylic acids is 4. The fraction of sp³-hybridized carbons (Fsp3) is 0.477. The number of fused-ring (bicyclic) bond motifs is 1. The average Bonchev–Trinajstić information content (AvgIpc) is 3.87. The number of carbonyl (C=O) groups is 4. The number of anilines is 2. The summed E-state index contributed by atoms with van der Waals surface area (Å²) in [6.45, 7) is -1.86. The number of ether oxygens (including phenoxy) is 1. The predicted octanol–water partition coefficient (Wildman–Crippen LogP) is 2.35. The van der Waals surface area contributed by atoms with Crippen LogP contribution in [0.4, 0.5) is 11.6 Å². The number of nitrogens with zero attached hydrogens (tertiary/aromatic N) is 5. The molecule has 1 aliphatic heterocycles. The zero-order chi connectivity index (χ0) is 57.4. The SMILES string of the molecule is Nc1nc2c(ncn2[C@@H]2O[C@H](COP(=O)(O)OP(=O)(O)OP(=O)(O)CCCCCCCCCNC(=S)Nc3ccc(C#Cc4cc(CC(CC(=O)O)CC(=O)O)nc(CN(CC(=O)O)CC(=O)O)c4)cc3)C(O)[C@@H]2O)c(=O)[nH]1. The van der Waals surface area contributed by atoms with Gasteiger partial charge in [-0.15, -0.1) is 0 Å². The average molecular weight is 1170 g/mol. The van der Waals surface area contributed by atoms with Crippen LogP contribution in [0, 0.1) is 17.8 Å². The first kappa shape index (κ1) is 62.8. The largest absolute Gasteiger partial charge is 0.488 e. The minimum absolute atomic E-state index is 0.0498. The van der Waals surface area contributed by atoms with Gasteiger partial charge >= 0.3 is 47.1 Å². The van der Waals surface area contributed by atoms with E-state index in [4.69, 9.17) is 22.7 Å². The van der Waals surface area contributed by atoms with Crippen molar-refractivity contribution in [3.8, 4) is 11.8 Å². The number of aliphatic carboxylic acids is 4. The first-order chi connectivity index (χ1) is 36.7. The Labute approximate surface area is 448 Å². The molecule has 0 bridgehead atoms. The Morgan fingerprint density at radius 2 is 1.42 bits per heavy atom. The van der Waals surface area contributed by atoms with Crippen molar-refractivity contribution in [1.82, 2.24) is 34.7 Å². The molecule has 30 nitrogen and oxygen atoms in total. The lowest BCUT2D eigenvalue weighted by molar-refractivity contribution is -0.143. The van der Waals surface area contributed by atoms with Crippen LogP contribution in [0.3, 0.4) is 0 Å². The molecule has 5 rings (SSSR count). The lowest BCUT2D eigenvalue weighted by Crippen LogP contribution is -2.34. The Kier molecular flexibility index (Phi) is 23.1. The fourth-order valence-corrected chi connectivity index (χ4v) is 12.4. The zero-order valence-electron chi connectivity index (χ0n) is 41.2. The molecule has 1 aromatic carbocycles. The summed E-state index contributed by atoms with van der Waals surface area (Å²) in [6.07, 6.45) is -2.63. The molecule has 7 atom stereocenters. The number of unbranched alkanes of at least 4 members (excludes halogenated alkanes) is 6. The van der Waals surface area contributed by atoms with Crippen molar-refractivity contribution in [2.75, 3.05) is 43.5 Å². The Balaban J connectivity index is 0.985. The van der Waals surface area contributed by atoms with Gasteiger partial charge in [0.25, 0.3) is 5.56 Å². The van der Waals surface area contributed by atoms with Gasteiger partial charge in [0.05, 0.1) is 37.9 Å². The highest BCUT2D eigenvalue weighted by Crippen LogP contribution is 2.67. The number of aliphatic hydroxyl groups is 2. The van der Waals surface area contributed by atoms with E-state index in [0.717, 1.165) is 41.5 Å². The molecular weight excluding hydrogens is 1120 g/mol. The number of pyridine rings is 1. The number of aliphatic hydroxyl groups excluding tert-OH is 2. The van der Waals surface area contributed by atoms with Gasteiger partial charge in [0, 0.05) is 48.4 Å². The second-order valence-corrected chi connectivity index (χ2v) is 23.4. The third-order valence-electron chi connectivity index (χ3n) is 11.3. The predicted molar refractivity (Wildman–Crippen MR) is 276 cm³/mol. The van der Waals surface area contributed by atoms with Crippen molar-refractivity contribution in [1.29, 1.82) is 0 Å². The number of nitrogens with one attached hydrogen (secondary N) is 3. The van der Waals surface area contributed by atoms with E-state index >= 15 is 0 Å². The van der Waals surface area contributed by atoms with Gasteiger partial charge in [-0.05, 0) is 73.8 Å². The molecule has 0 spiro atoms. The summed E-state index contributed by atoms with van der Waals surface area (Å²) >= 11 is 5.42. The number of thiocarbonyl (C=S) groups is 1. The molecule has 0 saturated carbocycles. The molecule has 0 radical (unpaired) electrons. The van der Waals surface area contributed by atoms with Crippen LogP contribution in [0.1, 0.15) is 86.5 Å². The van der Waals surface area contributed by atoms with Crippen LogP contribution in [0.15, 0.2) is 47.5 Å². The lowest BCUT2D eigenvalue weighted by Gasteiger charge is -2.20. The monoisotopic (exact) mass is 1170 g/mol. The summed E-state index contributed by atoms with van der Waals surface area (Å²) in [5, 5.41) is 64.9. The van der Waals surface area contributed by atoms with E-state index in [-0.39, 0.29) is 42.2 Å². The number of carboxylic acid groups (broad SMARTS) is 4. The second-order valence-electron chi connectivity index (χ2n) is 17.8. The van der Waals surface area contributed by atoms with Crippen LogP contribution in [0.5, 0.6) is 0 Å². The molecule has 0 amide bonds. The minimum Gasteiger partial charge on any atom is -0.481 e. The van der Waals surface area contributed by atoms with Gasteiger partial charge in [0.1, 0.15) is 18.3 Å². The lowest BCUT2D eigenvalue weighted by atomic mass is 9.95. The van der Waals surface area contributed by atoms with Crippen LogP contribution in [-0.2, 0) is 63.7 Å². The quantitative estimate of drug-likeness (QED) is 0.0149. The van der Waals surface area contributed by atoms with E-state index in [1.165, 1.54) is 6.07 Å². The molecule has 3 aromatic heterocycles.